The Labute approximate surface area is 132 Å². The number of fused-ring (bicyclic) bond motifs is 1. The van der Waals surface area contributed by atoms with Gasteiger partial charge in [-0.25, -0.2) is 4.98 Å². The quantitative estimate of drug-likeness (QED) is 0.941. The summed E-state index contributed by atoms with van der Waals surface area (Å²) in [7, 11) is 0. The fourth-order valence-corrected chi connectivity index (χ4v) is 3.18. The molecular weight excluding hydrogens is 272 g/mol. The minimum atomic E-state index is 0.783. The van der Waals surface area contributed by atoms with E-state index in [1.54, 1.807) is 0 Å². The number of piperazine rings is 1. The number of nitrogens with zero attached hydrogens (tertiary/aromatic N) is 3. The van der Waals surface area contributed by atoms with Crippen LogP contribution in [0.2, 0.25) is 0 Å². The number of rotatable bonds is 4. The third kappa shape index (κ3) is 3.08. The molecule has 0 bridgehead atoms. The standard InChI is InChI=1S/C18H26N4/c1-14-4-5-15(2)18-16(14)6-7-17(20-18)22-12-10-21(11-13-22)9-3-8-19/h4-7H,3,8-13,19H2,1-2H3. The summed E-state index contributed by atoms with van der Waals surface area (Å²) in [6.07, 6.45) is 1.09. The van der Waals surface area contributed by atoms with Crippen LogP contribution < -0.4 is 10.6 Å². The highest BCUT2D eigenvalue weighted by atomic mass is 15.3. The van der Waals surface area contributed by atoms with Crippen molar-refractivity contribution in [1.82, 2.24) is 9.88 Å². The van der Waals surface area contributed by atoms with Crippen LogP contribution in [-0.4, -0.2) is 49.2 Å². The molecule has 0 aliphatic carbocycles. The third-order valence-corrected chi connectivity index (χ3v) is 4.64. The molecule has 2 N–H and O–H groups in total. The molecule has 1 aromatic heterocycles. The summed E-state index contributed by atoms with van der Waals surface area (Å²) >= 11 is 0. The van der Waals surface area contributed by atoms with Gasteiger partial charge in [0.05, 0.1) is 5.52 Å². The van der Waals surface area contributed by atoms with Crippen LogP contribution in [0.5, 0.6) is 0 Å². The fourth-order valence-electron chi connectivity index (χ4n) is 3.18. The molecule has 0 radical (unpaired) electrons. The van der Waals surface area contributed by atoms with Gasteiger partial charge in [0.15, 0.2) is 0 Å². The predicted molar refractivity (Wildman–Crippen MR) is 93.5 cm³/mol. The van der Waals surface area contributed by atoms with Gasteiger partial charge < -0.3 is 10.6 Å². The monoisotopic (exact) mass is 298 g/mol. The molecule has 118 valence electrons. The van der Waals surface area contributed by atoms with Crippen molar-refractivity contribution in [3.8, 4) is 0 Å². The lowest BCUT2D eigenvalue weighted by Crippen LogP contribution is -2.47. The number of hydrogen-bond donors (Lipinski definition) is 1. The lowest BCUT2D eigenvalue weighted by atomic mass is 10.1. The van der Waals surface area contributed by atoms with E-state index >= 15 is 0 Å². The van der Waals surface area contributed by atoms with Gasteiger partial charge in [0.2, 0.25) is 0 Å². The van der Waals surface area contributed by atoms with Crippen LogP contribution in [0, 0.1) is 13.8 Å². The number of hydrogen-bond acceptors (Lipinski definition) is 4. The second-order valence-corrected chi connectivity index (χ2v) is 6.24. The van der Waals surface area contributed by atoms with E-state index in [-0.39, 0.29) is 0 Å². The maximum Gasteiger partial charge on any atom is 0.129 e. The van der Waals surface area contributed by atoms with Crippen molar-refractivity contribution in [3.05, 3.63) is 35.4 Å². The number of anilines is 1. The molecule has 1 aliphatic rings. The Morgan fingerprint density at radius 3 is 2.45 bits per heavy atom. The van der Waals surface area contributed by atoms with Gasteiger partial charge in [-0.3, -0.25) is 4.90 Å². The molecular formula is C18H26N4. The molecule has 4 heteroatoms. The van der Waals surface area contributed by atoms with Gasteiger partial charge in [-0.2, -0.15) is 0 Å². The van der Waals surface area contributed by atoms with E-state index in [9.17, 15) is 0 Å². The van der Waals surface area contributed by atoms with Crippen molar-refractivity contribution < 1.29 is 0 Å². The summed E-state index contributed by atoms with van der Waals surface area (Å²) in [6.45, 7) is 10.5. The molecule has 2 aromatic rings. The van der Waals surface area contributed by atoms with Crippen molar-refractivity contribution >= 4 is 16.7 Å². The van der Waals surface area contributed by atoms with Gasteiger partial charge in [0.1, 0.15) is 5.82 Å². The molecule has 0 atom stereocenters. The number of aryl methyl sites for hydroxylation is 2. The predicted octanol–water partition coefficient (Wildman–Crippen LogP) is 2.32. The Morgan fingerprint density at radius 1 is 1.00 bits per heavy atom. The minimum Gasteiger partial charge on any atom is -0.354 e. The first-order chi connectivity index (χ1) is 10.7. The summed E-state index contributed by atoms with van der Waals surface area (Å²) in [5, 5.41) is 1.27. The first-order valence-electron chi connectivity index (χ1n) is 8.23. The molecule has 0 spiro atoms. The van der Waals surface area contributed by atoms with Gasteiger partial charge in [-0.05, 0) is 56.6 Å². The molecule has 1 fully saturated rings. The summed E-state index contributed by atoms with van der Waals surface area (Å²) in [5.41, 5.74) is 9.29. The van der Waals surface area contributed by atoms with Crippen LogP contribution in [0.15, 0.2) is 24.3 Å². The zero-order valence-corrected chi connectivity index (χ0v) is 13.7. The fraction of sp³-hybridized carbons (Fsp3) is 0.500. The molecule has 2 heterocycles. The van der Waals surface area contributed by atoms with E-state index in [1.807, 2.05) is 0 Å². The van der Waals surface area contributed by atoms with E-state index in [1.165, 1.54) is 16.5 Å². The number of benzene rings is 1. The Hall–Kier alpha value is -1.65. The molecule has 4 nitrogen and oxygen atoms in total. The van der Waals surface area contributed by atoms with Crippen LogP contribution in [-0.2, 0) is 0 Å². The minimum absolute atomic E-state index is 0.783. The largest absolute Gasteiger partial charge is 0.354 e. The summed E-state index contributed by atoms with van der Waals surface area (Å²) < 4.78 is 0. The summed E-state index contributed by atoms with van der Waals surface area (Å²) in [5.74, 6) is 1.11. The molecule has 1 aliphatic heterocycles. The molecule has 0 unspecified atom stereocenters. The number of nitrogens with two attached hydrogens (primary N) is 1. The summed E-state index contributed by atoms with van der Waals surface area (Å²) in [6, 6.07) is 8.74. The normalized spacial score (nSPS) is 16.4. The zero-order chi connectivity index (χ0) is 15.5. The van der Waals surface area contributed by atoms with E-state index in [4.69, 9.17) is 10.7 Å². The van der Waals surface area contributed by atoms with Gasteiger partial charge in [-0.1, -0.05) is 12.1 Å². The van der Waals surface area contributed by atoms with Crippen LogP contribution in [0.1, 0.15) is 17.5 Å². The molecule has 1 aromatic carbocycles. The molecule has 1 saturated heterocycles. The molecule has 0 saturated carbocycles. The lowest BCUT2D eigenvalue weighted by Gasteiger charge is -2.35. The highest BCUT2D eigenvalue weighted by Crippen LogP contribution is 2.24. The van der Waals surface area contributed by atoms with Crippen molar-refractivity contribution in [2.24, 2.45) is 5.73 Å². The van der Waals surface area contributed by atoms with Crippen LogP contribution in [0.3, 0.4) is 0 Å². The molecule has 0 amide bonds. The Morgan fingerprint density at radius 2 is 1.73 bits per heavy atom. The van der Waals surface area contributed by atoms with Crippen LogP contribution >= 0.6 is 0 Å². The highest BCUT2D eigenvalue weighted by Gasteiger charge is 2.18. The van der Waals surface area contributed by atoms with Crippen molar-refractivity contribution in [3.63, 3.8) is 0 Å². The topological polar surface area (TPSA) is 45.4 Å². The smallest absolute Gasteiger partial charge is 0.129 e. The van der Waals surface area contributed by atoms with Crippen molar-refractivity contribution in [1.29, 1.82) is 0 Å². The molecule has 22 heavy (non-hydrogen) atoms. The van der Waals surface area contributed by atoms with Gasteiger partial charge in [0, 0.05) is 31.6 Å². The maximum atomic E-state index is 5.60. The number of pyridine rings is 1. The Balaban J connectivity index is 1.76. The van der Waals surface area contributed by atoms with E-state index in [2.05, 4.69) is 47.9 Å². The average molecular weight is 298 g/mol. The first kappa shape index (κ1) is 15.3. The zero-order valence-electron chi connectivity index (χ0n) is 13.7. The van der Waals surface area contributed by atoms with Gasteiger partial charge in [-0.15, -0.1) is 0 Å². The van der Waals surface area contributed by atoms with Crippen molar-refractivity contribution in [2.75, 3.05) is 44.2 Å². The lowest BCUT2D eigenvalue weighted by molar-refractivity contribution is 0.256. The SMILES string of the molecule is Cc1ccc(C)c2nc(N3CCN(CCCN)CC3)ccc12. The van der Waals surface area contributed by atoms with Crippen LogP contribution in [0.4, 0.5) is 5.82 Å². The maximum absolute atomic E-state index is 5.60. The third-order valence-electron chi connectivity index (χ3n) is 4.64. The van der Waals surface area contributed by atoms with Crippen LogP contribution in [0.25, 0.3) is 10.9 Å². The van der Waals surface area contributed by atoms with E-state index in [0.717, 1.165) is 57.0 Å². The first-order valence-corrected chi connectivity index (χ1v) is 8.23. The Kier molecular flexibility index (Phi) is 4.60. The van der Waals surface area contributed by atoms with Crippen molar-refractivity contribution in [2.45, 2.75) is 20.3 Å². The molecule has 3 rings (SSSR count). The average Bonchev–Trinajstić information content (AvgIpc) is 2.56. The Bertz CT molecular complexity index is 645. The van der Waals surface area contributed by atoms with Gasteiger partial charge >= 0.3 is 0 Å². The van der Waals surface area contributed by atoms with E-state index in [0.29, 0.717) is 0 Å². The second-order valence-electron chi connectivity index (χ2n) is 6.24. The summed E-state index contributed by atoms with van der Waals surface area (Å²) in [4.78, 5) is 9.84. The second kappa shape index (κ2) is 6.63. The van der Waals surface area contributed by atoms with E-state index < -0.39 is 0 Å². The van der Waals surface area contributed by atoms with Gasteiger partial charge in [0.25, 0.3) is 0 Å². The highest BCUT2D eigenvalue weighted by molar-refractivity contribution is 5.86. The number of aromatic nitrogens is 1.